The number of rotatable bonds is 4. The zero-order valence-corrected chi connectivity index (χ0v) is 15.0. The zero-order chi connectivity index (χ0) is 16.2. The summed E-state index contributed by atoms with van der Waals surface area (Å²) >= 11 is 0. The first kappa shape index (κ1) is 19.2. The number of hydrogen-bond donors (Lipinski definition) is 2. The number of hydrogen-bond acceptors (Lipinski definition) is 3. The largest absolute Gasteiger partial charge is 0.388 e. The van der Waals surface area contributed by atoms with Crippen molar-refractivity contribution in [1.29, 1.82) is 0 Å². The number of aliphatic hydroxyl groups excluding tert-OH is 1. The molecule has 3 N–H and O–H groups in total. The monoisotopic (exact) mass is 352 g/mol. The van der Waals surface area contributed by atoms with Gasteiger partial charge in [-0.25, -0.2) is 0 Å². The molecule has 5 heteroatoms. The average molecular weight is 353 g/mol. The Morgan fingerprint density at radius 1 is 1.17 bits per heavy atom. The third-order valence-electron chi connectivity index (χ3n) is 5.72. The van der Waals surface area contributed by atoms with Gasteiger partial charge in [0.05, 0.1) is 6.10 Å². The van der Waals surface area contributed by atoms with E-state index in [-0.39, 0.29) is 24.2 Å². The first-order valence-corrected chi connectivity index (χ1v) is 8.92. The number of aliphatic hydroxyl groups is 1. The molecule has 0 radical (unpaired) electrons. The number of nitrogens with zero attached hydrogens (tertiary/aromatic N) is 1. The van der Waals surface area contributed by atoms with Crippen LogP contribution in [0.2, 0.25) is 0 Å². The van der Waals surface area contributed by atoms with E-state index in [0.29, 0.717) is 18.4 Å². The number of amides is 1. The lowest BCUT2D eigenvalue weighted by molar-refractivity contribution is -0.138. The molecule has 1 saturated heterocycles. The number of halogens is 1. The van der Waals surface area contributed by atoms with Crippen molar-refractivity contribution < 1.29 is 9.90 Å². The molecule has 1 unspecified atom stereocenters. The van der Waals surface area contributed by atoms with Crippen LogP contribution >= 0.6 is 12.4 Å². The van der Waals surface area contributed by atoms with Crippen LogP contribution < -0.4 is 5.73 Å². The van der Waals surface area contributed by atoms with E-state index in [1.807, 2.05) is 35.2 Å². The van der Waals surface area contributed by atoms with Gasteiger partial charge in [0.15, 0.2) is 0 Å². The molecule has 24 heavy (non-hydrogen) atoms. The summed E-state index contributed by atoms with van der Waals surface area (Å²) in [5.41, 5.74) is 6.80. The minimum Gasteiger partial charge on any atom is -0.388 e. The van der Waals surface area contributed by atoms with Crippen molar-refractivity contribution in [2.45, 2.75) is 38.2 Å². The molecular weight excluding hydrogens is 324 g/mol. The average Bonchev–Trinajstić information content (AvgIpc) is 3.10. The predicted molar refractivity (Wildman–Crippen MR) is 97.8 cm³/mol. The maximum Gasteiger partial charge on any atom is 0.226 e. The molecule has 0 bridgehead atoms. The van der Waals surface area contributed by atoms with Crippen molar-refractivity contribution in [3.63, 3.8) is 0 Å². The summed E-state index contributed by atoms with van der Waals surface area (Å²) in [5.74, 6) is 1.05. The van der Waals surface area contributed by atoms with Crippen LogP contribution in [0.3, 0.4) is 0 Å². The molecule has 0 spiro atoms. The summed E-state index contributed by atoms with van der Waals surface area (Å²) in [7, 11) is 0. The fourth-order valence-electron chi connectivity index (χ4n) is 4.24. The Bertz CT molecular complexity index is 517. The van der Waals surface area contributed by atoms with Gasteiger partial charge in [-0.1, -0.05) is 36.8 Å². The molecule has 1 heterocycles. The number of benzene rings is 1. The SMILES string of the molecule is Cl.NC[C@H]1CCC[C@H]1C(=O)N1CCC(C(O)c2ccccc2)CC1. The fraction of sp³-hybridized carbons (Fsp3) is 0.632. The molecule has 1 aromatic rings. The summed E-state index contributed by atoms with van der Waals surface area (Å²) in [4.78, 5) is 14.7. The van der Waals surface area contributed by atoms with Crippen LogP contribution in [-0.2, 0) is 4.79 Å². The van der Waals surface area contributed by atoms with E-state index in [2.05, 4.69) is 0 Å². The third kappa shape index (κ3) is 4.11. The predicted octanol–water partition coefficient (Wildman–Crippen LogP) is 2.76. The second-order valence-corrected chi connectivity index (χ2v) is 7.05. The van der Waals surface area contributed by atoms with Crippen molar-refractivity contribution in [2.24, 2.45) is 23.5 Å². The van der Waals surface area contributed by atoms with E-state index in [4.69, 9.17) is 5.73 Å². The fourth-order valence-corrected chi connectivity index (χ4v) is 4.24. The van der Waals surface area contributed by atoms with E-state index in [9.17, 15) is 9.90 Å². The van der Waals surface area contributed by atoms with E-state index in [1.54, 1.807) is 0 Å². The third-order valence-corrected chi connectivity index (χ3v) is 5.72. The number of likely N-dealkylation sites (tertiary alicyclic amines) is 1. The molecule has 0 aromatic heterocycles. The van der Waals surface area contributed by atoms with Gasteiger partial charge >= 0.3 is 0 Å². The van der Waals surface area contributed by atoms with Gasteiger partial charge in [-0.15, -0.1) is 12.4 Å². The van der Waals surface area contributed by atoms with Gasteiger partial charge in [-0.3, -0.25) is 4.79 Å². The Kier molecular flexibility index (Phi) is 7.08. The summed E-state index contributed by atoms with van der Waals surface area (Å²) in [5, 5.41) is 10.5. The molecule has 4 nitrogen and oxygen atoms in total. The lowest BCUT2D eigenvalue weighted by Gasteiger charge is -2.36. The first-order valence-electron chi connectivity index (χ1n) is 8.92. The summed E-state index contributed by atoms with van der Waals surface area (Å²) in [6, 6.07) is 9.85. The minimum atomic E-state index is -0.420. The highest BCUT2D eigenvalue weighted by Gasteiger charge is 2.36. The Balaban J connectivity index is 0.00000208. The molecule has 3 atom stereocenters. The van der Waals surface area contributed by atoms with Crippen molar-refractivity contribution in [1.82, 2.24) is 4.90 Å². The summed E-state index contributed by atoms with van der Waals surface area (Å²) in [6.45, 7) is 2.15. The Morgan fingerprint density at radius 3 is 2.46 bits per heavy atom. The van der Waals surface area contributed by atoms with Gasteiger partial charge in [0.25, 0.3) is 0 Å². The minimum absolute atomic E-state index is 0. The molecule has 1 aromatic carbocycles. The molecule has 1 aliphatic heterocycles. The highest BCUT2D eigenvalue weighted by Crippen LogP contribution is 2.35. The Labute approximate surface area is 150 Å². The van der Waals surface area contributed by atoms with E-state index in [1.165, 1.54) is 0 Å². The van der Waals surface area contributed by atoms with E-state index in [0.717, 1.165) is 50.8 Å². The molecule has 1 amide bonds. The topological polar surface area (TPSA) is 66.6 Å². The van der Waals surface area contributed by atoms with Gasteiger partial charge in [-0.2, -0.15) is 0 Å². The Hall–Kier alpha value is -1.10. The quantitative estimate of drug-likeness (QED) is 0.875. The molecule has 1 aliphatic carbocycles. The second-order valence-electron chi connectivity index (χ2n) is 7.05. The molecule has 3 rings (SSSR count). The second kappa shape index (κ2) is 8.84. The highest BCUT2D eigenvalue weighted by molar-refractivity contribution is 5.85. The first-order chi connectivity index (χ1) is 11.2. The lowest BCUT2D eigenvalue weighted by Crippen LogP contribution is -2.44. The van der Waals surface area contributed by atoms with Crippen molar-refractivity contribution >= 4 is 18.3 Å². The summed E-state index contributed by atoms with van der Waals surface area (Å²) < 4.78 is 0. The molecule has 2 fully saturated rings. The van der Waals surface area contributed by atoms with Crippen LogP contribution in [0.4, 0.5) is 0 Å². The van der Waals surface area contributed by atoms with Gasteiger partial charge in [-0.05, 0) is 49.6 Å². The highest BCUT2D eigenvalue weighted by atomic mass is 35.5. The van der Waals surface area contributed by atoms with Gasteiger partial charge in [0.1, 0.15) is 0 Å². The van der Waals surface area contributed by atoms with Gasteiger partial charge < -0.3 is 15.7 Å². The maximum absolute atomic E-state index is 12.7. The standard InChI is InChI=1S/C19H28N2O2.ClH/c20-13-16-7-4-8-17(16)19(23)21-11-9-15(10-12-21)18(22)14-5-2-1-3-6-14;/h1-3,5-6,15-18,22H,4,7-13,20H2;1H/t16-,17-,18?;/m1./s1. The number of piperidine rings is 1. The smallest absolute Gasteiger partial charge is 0.226 e. The normalized spacial score (nSPS) is 26.0. The van der Waals surface area contributed by atoms with Crippen LogP contribution in [0.1, 0.15) is 43.8 Å². The molecule has 134 valence electrons. The van der Waals surface area contributed by atoms with E-state index >= 15 is 0 Å². The van der Waals surface area contributed by atoms with Crippen LogP contribution in [0.5, 0.6) is 0 Å². The lowest BCUT2D eigenvalue weighted by atomic mass is 9.86. The van der Waals surface area contributed by atoms with Crippen LogP contribution in [-0.4, -0.2) is 35.5 Å². The maximum atomic E-state index is 12.7. The summed E-state index contributed by atoms with van der Waals surface area (Å²) in [6.07, 6.45) is 4.55. The number of carbonyl (C=O) groups is 1. The number of nitrogens with two attached hydrogens (primary N) is 1. The van der Waals surface area contributed by atoms with Crippen LogP contribution in [0.15, 0.2) is 30.3 Å². The van der Waals surface area contributed by atoms with Crippen LogP contribution in [0, 0.1) is 17.8 Å². The van der Waals surface area contributed by atoms with Crippen molar-refractivity contribution in [2.75, 3.05) is 19.6 Å². The van der Waals surface area contributed by atoms with Gasteiger partial charge in [0.2, 0.25) is 5.91 Å². The zero-order valence-electron chi connectivity index (χ0n) is 14.1. The van der Waals surface area contributed by atoms with Gasteiger partial charge in [0, 0.05) is 19.0 Å². The molecule has 1 saturated carbocycles. The molecule has 2 aliphatic rings. The Morgan fingerprint density at radius 2 is 1.83 bits per heavy atom. The van der Waals surface area contributed by atoms with E-state index < -0.39 is 6.10 Å². The molecular formula is C19H29ClN2O2. The van der Waals surface area contributed by atoms with Crippen molar-refractivity contribution in [3.05, 3.63) is 35.9 Å². The van der Waals surface area contributed by atoms with Crippen LogP contribution in [0.25, 0.3) is 0 Å². The number of carbonyl (C=O) groups excluding carboxylic acids is 1. The van der Waals surface area contributed by atoms with Crippen molar-refractivity contribution in [3.8, 4) is 0 Å².